The van der Waals surface area contributed by atoms with Crippen molar-refractivity contribution in [3.63, 3.8) is 0 Å². The van der Waals surface area contributed by atoms with E-state index in [4.69, 9.17) is 9.84 Å². The molecule has 1 N–H and O–H groups in total. The van der Waals surface area contributed by atoms with Crippen LogP contribution in [0.4, 0.5) is 0 Å². The van der Waals surface area contributed by atoms with Gasteiger partial charge in [-0.25, -0.2) is 0 Å². The van der Waals surface area contributed by atoms with Crippen LogP contribution in [0.3, 0.4) is 0 Å². The largest absolute Gasteiger partial charge is 0.396 e. The number of rotatable bonds is 4. The molecule has 4 nitrogen and oxygen atoms in total. The minimum absolute atomic E-state index is 0.252. The standard InChI is InChI=1S/C12H20N2O2/c1-10-11(3-2-6-15)9-13-14(10)12-4-7-16-8-5-12/h9,12,15H,2-8H2,1H3. The van der Waals surface area contributed by atoms with Crippen molar-refractivity contribution in [1.82, 2.24) is 9.78 Å². The smallest absolute Gasteiger partial charge is 0.0566 e. The van der Waals surface area contributed by atoms with E-state index in [1.165, 1.54) is 11.3 Å². The average molecular weight is 224 g/mol. The van der Waals surface area contributed by atoms with Gasteiger partial charge >= 0.3 is 0 Å². The molecule has 1 aromatic rings. The molecule has 0 saturated carbocycles. The van der Waals surface area contributed by atoms with Gasteiger partial charge in [-0.2, -0.15) is 5.10 Å². The first-order valence-electron chi connectivity index (χ1n) is 6.04. The van der Waals surface area contributed by atoms with Gasteiger partial charge in [-0.15, -0.1) is 0 Å². The summed E-state index contributed by atoms with van der Waals surface area (Å²) in [7, 11) is 0. The van der Waals surface area contributed by atoms with Gasteiger partial charge in [0.15, 0.2) is 0 Å². The summed E-state index contributed by atoms with van der Waals surface area (Å²) in [6, 6.07) is 0.497. The molecule has 0 amide bonds. The van der Waals surface area contributed by atoms with Crippen LogP contribution in [0.15, 0.2) is 6.20 Å². The quantitative estimate of drug-likeness (QED) is 0.842. The predicted molar refractivity (Wildman–Crippen MR) is 61.5 cm³/mol. The molecule has 0 bridgehead atoms. The van der Waals surface area contributed by atoms with Gasteiger partial charge in [-0.3, -0.25) is 4.68 Å². The molecule has 0 aromatic carbocycles. The Balaban J connectivity index is 2.06. The maximum atomic E-state index is 8.83. The molecule has 0 radical (unpaired) electrons. The SMILES string of the molecule is Cc1c(CCCO)cnn1C1CCOCC1. The van der Waals surface area contributed by atoms with Crippen molar-refractivity contribution >= 4 is 0 Å². The van der Waals surface area contributed by atoms with Crippen molar-refractivity contribution in [3.05, 3.63) is 17.5 Å². The van der Waals surface area contributed by atoms with E-state index in [0.717, 1.165) is 38.9 Å². The lowest BCUT2D eigenvalue weighted by Crippen LogP contribution is -2.21. The lowest BCUT2D eigenvalue weighted by Gasteiger charge is -2.23. The molecule has 1 aliphatic heterocycles. The number of aryl methyl sites for hydroxylation is 1. The first kappa shape index (κ1) is 11.6. The average Bonchev–Trinajstić information content (AvgIpc) is 2.69. The van der Waals surface area contributed by atoms with Crippen molar-refractivity contribution in [3.8, 4) is 0 Å². The Bertz CT molecular complexity index is 330. The number of aliphatic hydroxyl groups is 1. The highest BCUT2D eigenvalue weighted by atomic mass is 16.5. The van der Waals surface area contributed by atoms with Crippen LogP contribution in [0.1, 0.15) is 36.6 Å². The highest BCUT2D eigenvalue weighted by Crippen LogP contribution is 2.23. The summed E-state index contributed by atoms with van der Waals surface area (Å²) in [4.78, 5) is 0. The molecule has 90 valence electrons. The monoisotopic (exact) mass is 224 g/mol. The molecule has 0 atom stereocenters. The lowest BCUT2D eigenvalue weighted by molar-refractivity contribution is 0.0656. The summed E-state index contributed by atoms with van der Waals surface area (Å²) >= 11 is 0. The third-order valence-corrected chi connectivity index (χ3v) is 3.29. The molecule has 2 rings (SSSR count). The Hall–Kier alpha value is -0.870. The zero-order valence-corrected chi connectivity index (χ0v) is 9.85. The van der Waals surface area contributed by atoms with Crippen LogP contribution >= 0.6 is 0 Å². The molecule has 0 unspecified atom stereocenters. The second-order valence-corrected chi connectivity index (χ2v) is 4.37. The van der Waals surface area contributed by atoms with Crippen LogP contribution in [0.25, 0.3) is 0 Å². The Morgan fingerprint density at radius 2 is 2.25 bits per heavy atom. The molecule has 0 spiro atoms. The normalized spacial score (nSPS) is 17.9. The van der Waals surface area contributed by atoms with Gasteiger partial charge < -0.3 is 9.84 Å². The van der Waals surface area contributed by atoms with Gasteiger partial charge in [0.2, 0.25) is 0 Å². The summed E-state index contributed by atoms with van der Waals surface area (Å²) in [6.45, 7) is 4.06. The van der Waals surface area contributed by atoms with E-state index in [1.807, 2.05) is 6.20 Å². The van der Waals surface area contributed by atoms with E-state index in [0.29, 0.717) is 6.04 Å². The fraction of sp³-hybridized carbons (Fsp3) is 0.750. The van der Waals surface area contributed by atoms with Gasteiger partial charge in [0.25, 0.3) is 0 Å². The topological polar surface area (TPSA) is 47.3 Å². The molecule has 1 fully saturated rings. The highest BCUT2D eigenvalue weighted by Gasteiger charge is 2.18. The van der Waals surface area contributed by atoms with Gasteiger partial charge in [-0.1, -0.05) is 0 Å². The highest BCUT2D eigenvalue weighted by molar-refractivity contribution is 5.17. The van der Waals surface area contributed by atoms with Gasteiger partial charge in [0.1, 0.15) is 0 Å². The first-order valence-corrected chi connectivity index (χ1v) is 6.04. The van der Waals surface area contributed by atoms with Crippen LogP contribution in [-0.2, 0) is 11.2 Å². The van der Waals surface area contributed by atoms with Gasteiger partial charge in [0, 0.05) is 25.5 Å². The van der Waals surface area contributed by atoms with E-state index < -0.39 is 0 Å². The van der Waals surface area contributed by atoms with E-state index >= 15 is 0 Å². The van der Waals surface area contributed by atoms with Crippen molar-refractivity contribution in [2.75, 3.05) is 19.8 Å². The maximum Gasteiger partial charge on any atom is 0.0566 e. The molecule has 1 aliphatic rings. The molecular formula is C12H20N2O2. The Morgan fingerprint density at radius 1 is 1.50 bits per heavy atom. The summed E-state index contributed by atoms with van der Waals surface area (Å²) in [6.07, 6.45) is 5.80. The van der Waals surface area contributed by atoms with Crippen LogP contribution in [0, 0.1) is 6.92 Å². The van der Waals surface area contributed by atoms with Crippen molar-refractivity contribution in [1.29, 1.82) is 0 Å². The number of hydrogen-bond donors (Lipinski definition) is 1. The molecule has 1 saturated heterocycles. The summed E-state index contributed by atoms with van der Waals surface area (Å²) < 4.78 is 7.49. The first-order chi connectivity index (χ1) is 7.83. The van der Waals surface area contributed by atoms with Crippen molar-refractivity contribution in [2.24, 2.45) is 0 Å². The zero-order chi connectivity index (χ0) is 11.4. The fourth-order valence-electron chi connectivity index (χ4n) is 2.27. The third kappa shape index (κ3) is 2.44. The van der Waals surface area contributed by atoms with Crippen LogP contribution in [0.2, 0.25) is 0 Å². The number of hydrogen-bond acceptors (Lipinski definition) is 3. The van der Waals surface area contributed by atoms with E-state index in [-0.39, 0.29) is 6.61 Å². The Labute approximate surface area is 96.2 Å². The minimum atomic E-state index is 0.252. The van der Waals surface area contributed by atoms with Crippen molar-refractivity contribution < 1.29 is 9.84 Å². The van der Waals surface area contributed by atoms with Gasteiger partial charge in [-0.05, 0) is 38.2 Å². The predicted octanol–water partition coefficient (Wildman–Crippen LogP) is 1.47. The summed E-state index contributed by atoms with van der Waals surface area (Å²) in [5.41, 5.74) is 2.51. The number of aliphatic hydroxyl groups excluding tert-OH is 1. The Kier molecular flexibility index (Phi) is 3.96. The maximum absolute atomic E-state index is 8.83. The Morgan fingerprint density at radius 3 is 2.94 bits per heavy atom. The van der Waals surface area contributed by atoms with Crippen LogP contribution < -0.4 is 0 Å². The second-order valence-electron chi connectivity index (χ2n) is 4.37. The molecule has 0 aliphatic carbocycles. The number of nitrogens with zero attached hydrogens (tertiary/aromatic N) is 2. The lowest BCUT2D eigenvalue weighted by atomic mass is 10.1. The van der Waals surface area contributed by atoms with E-state index in [1.54, 1.807) is 0 Å². The number of ether oxygens (including phenoxy) is 1. The van der Waals surface area contributed by atoms with Crippen molar-refractivity contribution in [2.45, 2.75) is 38.6 Å². The molecular weight excluding hydrogens is 204 g/mol. The molecule has 4 heteroatoms. The second kappa shape index (κ2) is 5.46. The summed E-state index contributed by atoms with van der Waals surface area (Å²) in [5, 5.41) is 13.3. The fourth-order valence-corrected chi connectivity index (χ4v) is 2.27. The number of aromatic nitrogens is 2. The van der Waals surface area contributed by atoms with E-state index in [2.05, 4.69) is 16.7 Å². The third-order valence-electron chi connectivity index (χ3n) is 3.29. The van der Waals surface area contributed by atoms with Gasteiger partial charge in [0.05, 0.1) is 12.2 Å². The minimum Gasteiger partial charge on any atom is -0.396 e. The summed E-state index contributed by atoms with van der Waals surface area (Å²) in [5.74, 6) is 0. The van der Waals surface area contributed by atoms with Crippen LogP contribution in [0.5, 0.6) is 0 Å². The van der Waals surface area contributed by atoms with Crippen LogP contribution in [-0.4, -0.2) is 34.7 Å². The van der Waals surface area contributed by atoms with E-state index in [9.17, 15) is 0 Å². The molecule has 1 aromatic heterocycles. The molecule has 2 heterocycles. The molecule has 16 heavy (non-hydrogen) atoms. The zero-order valence-electron chi connectivity index (χ0n) is 9.85.